The highest BCUT2D eigenvalue weighted by Gasteiger charge is 2.17. The van der Waals surface area contributed by atoms with Gasteiger partial charge in [0.25, 0.3) is 0 Å². The smallest absolute Gasteiger partial charge is 0.161 e. The molecular formula is C24H20N8S. The van der Waals surface area contributed by atoms with Crippen molar-refractivity contribution in [2.75, 3.05) is 6.54 Å². The van der Waals surface area contributed by atoms with Crippen molar-refractivity contribution >= 4 is 33.5 Å². The molecule has 3 N–H and O–H groups in total. The van der Waals surface area contributed by atoms with Crippen molar-refractivity contribution in [2.45, 2.75) is 13.5 Å². The molecule has 0 atom stereocenters. The first kappa shape index (κ1) is 19.7. The van der Waals surface area contributed by atoms with E-state index in [0.29, 0.717) is 17.2 Å². The maximum atomic E-state index is 4.87. The van der Waals surface area contributed by atoms with Gasteiger partial charge in [-0.15, -0.1) is 11.3 Å². The Morgan fingerprint density at radius 3 is 2.85 bits per heavy atom. The number of imidazole rings is 1. The second kappa shape index (κ2) is 8.19. The number of aromatic nitrogens is 7. The molecule has 0 amide bonds. The Labute approximate surface area is 193 Å². The van der Waals surface area contributed by atoms with Gasteiger partial charge in [0, 0.05) is 52.9 Å². The Hall–Kier alpha value is -3.95. The Morgan fingerprint density at radius 1 is 1.03 bits per heavy atom. The van der Waals surface area contributed by atoms with E-state index in [1.807, 2.05) is 30.7 Å². The summed E-state index contributed by atoms with van der Waals surface area (Å²) >= 11 is 1.68. The lowest BCUT2D eigenvalue weighted by Gasteiger charge is -2.05. The number of aromatic amines is 2. The van der Waals surface area contributed by atoms with E-state index in [9.17, 15) is 0 Å². The van der Waals surface area contributed by atoms with Crippen molar-refractivity contribution in [1.29, 1.82) is 0 Å². The molecular weight excluding hydrogens is 432 g/mol. The number of nitrogens with zero attached hydrogens (tertiary/aromatic N) is 5. The SMILES string of the molecule is CCNCc1cncc(-c2cnc3[nH]nc(-c4nc5c(-c6cccs6)ccnc5[nH]4)c3c2)c1. The molecule has 33 heavy (non-hydrogen) atoms. The number of hydrogen-bond acceptors (Lipinski definition) is 7. The Morgan fingerprint density at radius 2 is 1.97 bits per heavy atom. The molecule has 6 aromatic rings. The number of rotatable bonds is 6. The molecule has 0 saturated heterocycles. The monoisotopic (exact) mass is 452 g/mol. The first-order chi connectivity index (χ1) is 16.3. The van der Waals surface area contributed by atoms with E-state index in [1.165, 1.54) is 0 Å². The van der Waals surface area contributed by atoms with Gasteiger partial charge < -0.3 is 10.3 Å². The highest BCUT2D eigenvalue weighted by atomic mass is 32.1. The minimum absolute atomic E-state index is 0.658. The third-order valence-electron chi connectivity index (χ3n) is 5.52. The van der Waals surface area contributed by atoms with Crippen LogP contribution in [-0.2, 0) is 6.54 Å². The van der Waals surface area contributed by atoms with Gasteiger partial charge in [0.05, 0.1) is 5.39 Å². The predicted octanol–water partition coefficient (Wildman–Crippen LogP) is 4.80. The zero-order chi connectivity index (χ0) is 22.2. The zero-order valence-electron chi connectivity index (χ0n) is 17.8. The number of nitrogens with one attached hydrogen (secondary N) is 3. The molecule has 162 valence electrons. The average Bonchev–Trinajstić information content (AvgIpc) is 3.61. The van der Waals surface area contributed by atoms with Gasteiger partial charge >= 0.3 is 0 Å². The van der Waals surface area contributed by atoms with E-state index in [0.717, 1.165) is 56.8 Å². The van der Waals surface area contributed by atoms with Crippen LogP contribution in [0, 0.1) is 0 Å². The summed E-state index contributed by atoms with van der Waals surface area (Å²) in [6.45, 7) is 3.78. The summed E-state index contributed by atoms with van der Waals surface area (Å²) in [5.74, 6) is 0.658. The fourth-order valence-corrected chi connectivity index (χ4v) is 4.66. The molecule has 8 nitrogen and oxygen atoms in total. The molecule has 0 bridgehead atoms. The zero-order valence-corrected chi connectivity index (χ0v) is 18.6. The summed E-state index contributed by atoms with van der Waals surface area (Å²) in [4.78, 5) is 22.8. The summed E-state index contributed by atoms with van der Waals surface area (Å²) in [7, 11) is 0. The molecule has 0 aliphatic carbocycles. The lowest BCUT2D eigenvalue weighted by atomic mass is 10.1. The normalized spacial score (nSPS) is 11.5. The van der Waals surface area contributed by atoms with E-state index < -0.39 is 0 Å². The minimum Gasteiger partial charge on any atom is -0.321 e. The molecule has 6 heterocycles. The topological polar surface area (TPSA) is 108 Å². The van der Waals surface area contributed by atoms with E-state index in [1.54, 1.807) is 17.5 Å². The third kappa shape index (κ3) is 3.57. The van der Waals surface area contributed by atoms with Gasteiger partial charge in [-0.3, -0.25) is 10.1 Å². The minimum atomic E-state index is 0.658. The molecule has 0 radical (unpaired) electrons. The molecule has 9 heteroatoms. The molecule has 6 aromatic heterocycles. The van der Waals surface area contributed by atoms with Crippen LogP contribution in [0.5, 0.6) is 0 Å². The molecule has 6 rings (SSSR count). The summed E-state index contributed by atoms with van der Waals surface area (Å²) in [6, 6.07) is 10.3. The lowest BCUT2D eigenvalue weighted by Crippen LogP contribution is -2.11. The lowest BCUT2D eigenvalue weighted by molar-refractivity contribution is 0.724. The highest BCUT2D eigenvalue weighted by molar-refractivity contribution is 7.13. The van der Waals surface area contributed by atoms with Crippen LogP contribution in [0.2, 0.25) is 0 Å². The molecule has 0 unspecified atom stereocenters. The van der Waals surface area contributed by atoms with Gasteiger partial charge in [-0.2, -0.15) is 5.10 Å². The summed E-state index contributed by atoms with van der Waals surface area (Å²) in [6.07, 6.45) is 7.38. The van der Waals surface area contributed by atoms with Crippen LogP contribution in [0.25, 0.3) is 55.3 Å². The second-order valence-corrected chi connectivity index (χ2v) is 8.62. The van der Waals surface area contributed by atoms with Crippen molar-refractivity contribution < 1.29 is 0 Å². The molecule has 0 spiro atoms. The van der Waals surface area contributed by atoms with Gasteiger partial charge in [0.15, 0.2) is 17.1 Å². The van der Waals surface area contributed by atoms with Crippen LogP contribution in [0.4, 0.5) is 0 Å². The van der Waals surface area contributed by atoms with Crippen LogP contribution < -0.4 is 5.32 Å². The van der Waals surface area contributed by atoms with Crippen LogP contribution in [0.1, 0.15) is 12.5 Å². The Bertz CT molecular complexity index is 1560. The van der Waals surface area contributed by atoms with Gasteiger partial charge in [-0.05, 0) is 41.8 Å². The van der Waals surface area contributed by atoms with Crippen molar-refractivity contribution in [3.8, 4) is 33.1 Å². The fourth-order valence-electron chi connectivity index (χ4n) is 3.91. The van der Waals surface area contributed by atoms with Gasteiger partial charge in [0.1, 0.15) is 11.2 Å². The van der Waals surface area contributed by atoms with Crippen LogP contribution >= 0.6 is 11.3 Å². The van der Waals surface area contributed by atoms with E-state index in [2.05, 4.69) is 66.0 Å². The number of pyridine rings is 3. The van der Waals surface area contributed by atoms with Crippen molar-refractivity contribution in [1.82, 2.24) is 40.4 Å². The highest BCUT2D eigenvalue weighted by Crippen LogP contribution is 2.33. The summed E-state index contributed by atoms with van der Waals surface area (Å²) in [5.41, 5.74) is 7.16. The average molecular weight is 453 g/mol. The van der Waals surface area contributed by atoms with Crippen LogP contribution in [0.3, 0.4) is 0 Å². The first-order valence-electron chi connectivity index (χ1n) is 10.7. The predicted molar refractivity (Wildman–Crippen MR) is 131 cm³/mol. The molecule has 0 aromatic carbocycles. The van der Waals surface area contributed by atoms with E-state index in [4.69, 9.17) is 4.98 Å². The molecule has 0 saturated carbocycles. The maximum absolute atomic E-state index is 4.87. The largest absolute Gasteiger partial charge is 0.321 e. The van der Waals surface area contributed by atoms with Gasteiger partial charge in [-0.25, -0.2) is 15.0 Å². The number of thiophene rings is 1. The van der Waals surface area contributed by atoms with Gasteiger partial charge in [0.2, 0.25) is 0 Å². The third-order valence-corrected chi connectivity index (χ3v) is 6.42. The molecule has 0 fully saturated rings. The number of fused-ring (bicyclic) bond motifs is 2. The number of H-pyrrole nitrogens is 2. The summed E-state index contributed by atoms with van der Waals surface area (Å²) in [5, 5.41) is 13.8. The van der Waals surface area contributed by atoms with Crippen LogP contribution in [0.15, 0.2) is 60.5 Å². The standard InChI is InChI=1S/C24H20N8S/c1-2-25-10-14-8-15(12-26-11-14)16-9-18-21(31-32-22(18)28-13-16)24-29-20-17(19-4-3-7-33-19)5-6-27-23(20)30-24/h3-9,11-13,25H,2,10H2,1H3,(H,27,29,30)(H,28,31,32). The summed E-state index contributed by atoms with van der Waals surface area (Å²) < 4.78 is 0. The Kier molecular flexibility index (Phi) is 4.89. The Balaban J connectivity index is 1.44. The van der Waals surface area contributed by atoms with Crippen molar-refractivity contribution in [2.24, 2.45) is 0 Å². The first-order valence-corrected chi connectivity index (χ1v) is 11.6. The molecule has 0 aliphatic rings. The fraction of sp³-hybridized carbons (Fsp3) is 0.125. The van der Waals surface area contributed by atoms with E-state index >= 15 is 0 Å². The second-order valence-electron chi connectivity index (χ2n) is 7.67. The van der Waals surface area contributed by atoms with Gasteiger partial charge in [-0.1, -0.05) is 13.0 Å². The van der Waals surface area contributed by atoms with E-state index in [-0.39, 0.29) is 0 Å². The van der Waals surface area contributed by atoms with Crippen LogP contribution in [-0.4, -0.2) is 41.7 Å². The molecule has 0 aliphatic heterocycles. The van der Waals surface area contributed by atoms with Crippen molar-refractivity contribution in [3.63, 3.8) is 0 Å². The van der Waals surface area contributed by atoms with Crippen molar-refractivity contribution in [3.05, 3.63) is 66.1 Å². The number of hydrogen-bond donors (Lipinski definition) is 3. The quantitative estimate of drug-likeness (QED) is 0.335. The maximum Gasteiger partial charge on any atom is 0.161 e.